The number of hydrogen-bond acceptors (Lipinski definition) is 1. The van der Waals surface area contributed by atoms with Crippen LogP contribution in [0.25, 0.3) is 0 Å². The standard InChI is InChI=1S/C9H8O/c1-2-8-3-5-9(7-10)6-4-8/h2-6H,1H3/q+2. The molecule has 0 aliphatic rings. The summed E-state index contributed by atoms with van der Waals surface area (Å²) in [6.07, 6.45) is 3.80. The molecule has 0 heterocycles. The van der Waals surface area contributed by atoms with Crippen molar-refractivity contribution in [3.8, 4) is 0 Å². The Balaban J connectivity index is 2.90. The monoisotopic (exact) mass is 132 g/mol. The van der Waals surface area contributed by atoms with Gasteiger partial charge in [0.1, 0.15) is 24.3 Å². The Bertz CT molecular complexity index is 211. The minimum atomic E-state index is 0.602. The lowest BCUT2D eigenvalue weighted by atomic mass is 10.1. The topological polar surface area (TPSA) is 17.1 Å². The third kappa shape index (κ3) is 1.34. The van der Waals surface area contributed by atoms with Crippen LogP contribution < -0.4 is 0 Å². The highest BCUT2D eigenvalue weighted by molar-refractivity contribution is 5.75. The van der Waals surface area contributed by atoms with Gasteiger partial charge >= 0.3 is 6.29 Å². The van der Waals surface area contributed by atoms with E-state index in [2.05, 4.69) is 0 Å². The SMILES string of the molecule is C[CH+]c1ccc([C+]=O)cc1. The Morgan fingerprint density at radius 3 is 2.30 bits per heavy atom. The van der Waals surface area contributed by atoms with Crippen LogP contribution in [0.2, 0.25) is 0 Å². The van der Waals surface area contributed by atoms with Gasteiger partial charge in [-0.05, 0) is 0 Å². The maximum atomic E-state index is 10.1. The van der Waals surface area contributed by atoms with Gasteiger partial charge in [-0.2, -0.15) is 0 Å². The van der Waals surface area contributed by atoms with Gasteiger partial charge in [-0.15, -0.1) is 4.79 Å². The lowest BCUT2D eigenvalue weighted by Gasteiger charge is -1.77. The van der Waals surface area contributed by atoms with Crippen molar-refractivity contribution in [1.29, 1.82) is 0 Å². The molecule has 0 aromatic heterocycles. The van der Waals surface area contributed by atoms with Gasteiger partial charge in [0.05, 0.1) is 0 Å². The third-order valence-electron chi connectivity index (χ3n) is 1.36. The molecule has 1 heteroatoms. The normalized spacial score (nSPS) is 8.50. The van der Waals surface area contributed by atoms with Crippen molar-refractivity contribution in [2.45, 2.75) is 6.92 Å². The number of hydrogen-bond donors (Lipinski definition) is 0. The fourth-order valence-electron chi connectivity index (χ4n) is 0.744. The van der Waals surface area contributed by atoms with Crippen molar-refractivity contribution in [2.24, 2.45) is 0 Å². The molecule has 48 valence electrons. The highest BCUT2D eigenvalue weighted by Crippen LogP contribution is 2.03. The molecule has 0 unspecified atom stereocenters. The molecule has 0 atom stereocenters. The first-order valence-electron chi connectivity index (χ1n) is 3.14. The van der Waals surface area contributed by atoms with E-state index in [0.717, 1.165) is 5.56 Å². The van der Waals surface area contributed by atoms with E-state index in [4.69, 9.17) is 0 Å². The molecule has 0 saturated carbocycles. The first-order chi connectivity index (χ1) is 4.86. The first-order valence-corrected chi connectivity index (χ1v) is 3.14. The second kappa shape index (κ2) is 3.00. The number of benzene rings is 1. The van der Waals surface area contributed by atoms with Gasteiger partial charge in [-0.25, -0.2) is 0 Å². The van der Waals surface area contributed by atoms with Crippen molar-refractivity contribution in [3.63, 3.8) is 0 Å². The average Bonchev–Trinajstić information content (AvgIpc) is 2.05. The molecule has 1 rings (SSSR count). The van der Waals surface area contributed by atoms with Crippen molar-refractivity contribution in [1.82, 2.24) is 0 Å². The van der Waals surface area contributed by atoms with Crippen molar-refractivity contribution in [3.05, 3.63) is 41.8 Å². The largest absolute Gasteiger partial charge is 0.305 e. The van der Waals surface area contributed by atoms with Crippen molar-refractivity contribution < 1.29 is 4.79 Å². The minimum Gasteiger partial charge on any atom is -0.141 e. The fraction of sp³-hybridized carbons (Fsp3) is 0.111. The first kappa shape index (κ1) is 6.79. The Morgan fingerprint density at radius 1 is 1.30 bits per heavy atom. The minimum absolute atomic E-state index is 0.602. The Labute approximate surface area is 60.7 Å². The lowest BCUT2D eigenvalue weighted by molar-refractivity contribution is 0.563. The zero-order valence-corrected chi connectivity index (χ0v) is 5.79. The van der Waals surface area contributed by atoms with Crippen LogP contribution in [0.15, 0.2) is 24.3 Å². The van der Waals surface area contributed by atoms with E-state index in [9.17, 15) is 4.79 Å². The molecule has 10 heavy (non-hydrogen) atoms. The molecule has 0 amide bonds. The summed E-state index contributed by atoms with van der Waals surface area (Å²) in [5, 5.41) is 0. The van der Waals surface area contributed by atoms with E-state index in [-0.39, 0.29) is 0 Å². The van der Waals surface area contributed by atoms with Crippen LogP contribution in [0.1, 0.15) is 18.1 Å². The summed E-state index contributed by atoms with van der Waals surface area (Å²) in [6.45, 7) is 1.96. The summed E-state index contributed by atoms with van der Waals surface area (Å²) in [5.74, 6) is 0. The summed E-state index contributed by atoms with van der Waals surface area (Å²) in [6, 6.07) is 7.28. The van der Waals surface area contributed by atoms with Gasteiger partial charge in [0, 0.05) is 13.3 Å². The van der Waals surface area contributed by atoms with Crippen LogP contribution in [0.5, 0.6) is 0 Å². The fourth-order valence-corrected chi connectivity index (χ4v) is 0.744. The van der Waals surface area contributed by atoms with E-state index in [1.165, 1.54) is 0 Å². The summed E-state index contributed by atoms with van der Waals surface area (Å²) < 4.78 is 0. The molecule has 0 N–H and O–H groups in total. The molecule has 1 aromatic carbocycles. The van der Waals surface area contributed by atoms with Crippen LogP contribution in [-0.2, 0) is 4.79 Å². The number of carbonyl (C=O) groups excluding carboxylic acids is 1. The third-order valence-corrected chi connectivity index (χ3v) is 1.36. The average molecular weight is 132 g/mol. The highest BCUT2D eigenvalue weighted by Gasteiger charge is 2.06. The molecular weight excluding hydrogens is 124 g/mol. The van der Waals surface area contributed by atoms with E-state index in [1.807, 2.05) is 31.8 Å². The quantitative estimate of drug-likeness (QED) is 0.560. The van der Waals surface area contributed by atoms with Gasteiger partial charge in [0.15, 0.2) is 5.56 Å². The van der Waals surface area contributed by atoms with Crippen LogP contribution in [0.4, 0.5) is 0 Å². The van der Waals surface area contributed by atoms with Crippen LogP contribution in [0, 0.1) is 6.42 Å². The van der Waals surface area contributed by atoms with Gasteiger partial charge in [-0.1, -0.05) is 0 Å². The maximum absolute atomic E-state index is 10.1. The molecule has 1 nitrogen and oxygen atoms in total. The zero-order valence-electron chi connectivity index (χ0n) is 5.79. The predicted octanol–water partition coefficient (Wildman–Crippen LogP) is 1.72. The van der Waals surface area contributed by atoms with Crippen LogP contribution in [-0.4, -0.2) is 6.29 Å². The molecule has 0 spiro atoms. The molecular formula is C9H8O+2. The predicted molar refractivity (Wildman–Crippen MR) is 40.3 cm³/mol. The van der Waals surface area contributed by atoms with Gasteiger partial charge < -0.3 is 0 Å². The summed E-state index contributed by atoms with van der Waals surface area (Å²) >= 11 is 0. The zero-order chi connectivity index (χ0) is 7.40. The second-order valence-electron chi connectivity index (χ2n) is 2.01. The van der Waals surface area contributed by atoms with Crippen molar-refractivity contribution in [2.75, 3.05) is 0 Å². The molecule has 0 radical (unpaired) electrons. The van der Waals surface area contributed by atoms with Gasteiger partial charge in [-0.3, -0.25) is 0 Å². The van der Waals surface area contributed by atoms with E-state index in [0.29, 0.717) is 5.56 Å². The number of rotatable bonds is 2. The van der Waals surface area contributed by atoms with Crippen LogP contribution >= 0.6 is 0 Å². The highest BCUT2D eigenvalue weighted by atomic mass is 16.1. The molecule has 1 aromatic rings. The van der Waals surface area contributed by atoms with Crippen LogP contribution in [0.3, 0.4) is 0 Å². The van der Waals surface area contributed by atoms with Crippen molar-refractivity contribution >= 4 is 6.29 Å². The van der Waals surface area contributed by atoms with E-state index < -0.39 is 0 Å². The Morgan fingerprint density at radius 2 is 1.90 bits per heavy atom. The Hall–Kier alpha value is -1.33. The summed E-state index contributed by atoms with van der Waals surface area (Å²) in [5.41, 5.74) is 1.73. The molecule has 0 fully saturated rings. The van der Waals surface area contributed by atoms with E-state index in [1.54, 1.807) is 12.1 Å². The van der Waals surface area contributed by atoms with Gasteiger partial charge in [0.2, 0.25) is 0 Å². The van der Waals surface area contributed by atoms with E-state index >= 15 is 0 Å². The molecule has 0 bridgehead atoms. The van der Waals surface area contributed by atoms with Gasteiger partial charge in [0.25, 0.3) is 5.56 Å². The second-order valence-corrected chi connectivity index (χ2v) is 2.01. The Kier molecular flexibility index (Phi) is 2.03. The summed E-state index contributed by atoms with van der Waals surface area (Å²) in [7, 11) is 0. The molecule has 0 aliphatic heterocycles. The molecule has 0 aliphatic carbocycles. The summed E-state index contributed by atoms with van der Waals surface area (Å²) in [4.78, 5) is 10.1. The molecule has 0 saturated heterocycles. The lowest BCUT2D eigenvalue weighted by Crippen LogP contribution is -1.80. The maximum Gasteiger partial charge on any atom is 0.305 e. The smallest absolute Gasteiger partial charge is 0.141 e.